The van der Waals surface area contributed by atoms with Crippen molar-refractivity contribution in [3.05, 3.63) is 60.0 Å². The zero-order chi connectivity index (χ0) is 15.0. The van der Waals surface area contributed by atoms with Gasteiger partial charge in [-0.05, 0) is 30.3 Å². The van der Waals surface area contributed by atoms with Gasteiger partial charge in [-0.1, -0.05) is 12.1 Å². The number of nitrogens with one attached hydrogen (secondary N) is 1. The number of halogens is 1. The first-order chi connectivity index (χ1) is 10.1. The van der Waals surface area contributed by atoms with Gasteiger partial charge in [0.15, 0.2) is 0 Å². The van der Waals surface area contributed by atoms with Gasteiger partial charge < -0.3 is 15.6 Å². The topological polar surface area (TPSA) is 62.1 Å². The zero-order valence-electron chi connectivity index (χ0n) is 11.4. The molecule has 1 heterocycles. The Balaban J connectivity index is 2.04. The van der Waals surface area contributed by atoms with Crippen molar-refractivity contribution in [2.24, 2.45) is 0 Å². The highest BCUT2D eigenvalue weighted by Crippen LogP contribution is 2.25. The number of para-hydroxylation sites is 1. The number of aromatic nitrogens is 1. The summed E-state index contributed by atoms with van der Waals surface area (Å²) in [4.78, 5) is 16.9. The van der Waals surface area contributed by atoms with Gasteiger partial charge in [0.05, 0.1) is 11.3 Å². The van der Waals surface area contributed by atoms with E-state index in [-0.39, 0.29) is 11.6 Å². The molecule has 0 atom stereocenters. The fraction of sp³-hybridized carbons (Fsp3) is 0.0625. The summed E-state index contributed by atoms with van der Waals surface area (Å²) in [6.07, 6.45) is 1.61. The summed E-state index contributed by atoms with van der Waals surface area (Å²) in [5.74, 6) is -0.732. The maximum Gasteiger partial charge on any atom is 0.260 e. The van der Waals surface area contributed by atoms with Crippen LogP contribution in [-0.4, -0.2) is 17.9 Å². The maximum atomic E-state index is 13.8. The number of H-pyrrole nitrogens is 1. The number of carbonyl (C=O) groups excluding carboxylic acids is 1. The van der Waals surface area contributed by atoms with Crippen LogP contribution in [0.3, 0.4) is 0 Å². The van der Waals surface area contributed by atoms with E-state index in [4.69, 9.17) is 5.73 Å². The summed E-state index contributed by atoms with van der Waals surface area (Å²) < 4.78 is 13.8. The molecule has 21 heavy (non-hydrogen) atoms. The summed E-state index contributed by atoms with van der Waals surface area (Å²) in [5, 5.41) is 0.725. The Kier molecular flexibility index (Phi) is 3.10. The van der Waals surface area contributed by atoms with Gasteiger partial charge in [0.1, 0.15) is 5.82 Å². The minimum absolute atomic E-state index is 0.237. The number of benzene rings is 2. The van der Waals surface area contributed by atoms with Crippen molar-refractivity contribution in [1.29, 1.82) is 0 Å². The molecule has 0 aliphatic carbocycles. The Morgan fingerprint density at radius 2 is 2.00 bits per heavy atom. The summed E-state index contributed by atoms with van der Waals surface area (Å²) in [6.45, 7) is 0. The van der Waals surface area contributed by atoms with Crippen LogP contribution in [0, 0.1) is 5.82 Å². The lowest BCUT2D eigenvalue weighted by atomic mass is 10.1. The van der Waals surface area contributed by atoms with Crippen molar-refractivity contribution in [3.8, 4) is 0 Å². The summed E-state index contributed by atoms with van der Waals surface area (Å²) in [7, 11) is 1.55. The monoisotopic (exact) mass is 283 g/mol. The second-order valence-corrected chi connectivity index (χ2v) is 4.82. The van der Waals surface area contributed by atoms with Crippen LogP contribution in [0.4, 0.5) is 15.8 Å². The van der Waals surface area contributed by atoms with Gasteiger partial charge in [-0.2, -0.15) is 0 Å². The highest BCUT2D eigenvalue weighted by molar-refractivity contribution is 6.14. The molecule has 0 aliphatic rings. The third-order valence-corrected chi connectivity index (χ3v) is 3.45. The van der Waals surface area contributed by atoms with Crippen molar-refractivity contribution in [2.75, 3.05) is 17.7 Å². The standard InChI is InChI=1S/C16H14FN3O/c1-20(15-5-3-2-4-13(15)17)16(21)12-9-19-14-7-6-10(18)8-11(12)14/h2-9,19H,18H2,1H3. The molecule has 0 unspecified atom stereocenters. The second-order valence-electron chi connectivity index (χ2n) is 4.82. The Morgan fingerprint density at radius 3 is 2.76 bits per heavy atom. The number of hydrogen-bond acceptors (Lipinski definition) is 2. The molecule has 4 nitrogen and oxygen atoms in total. The zero-order valence-corrected chi connectivity index (χ0v) is 11.4. The molecule has 0 saturated heterocycles. The molecule has 0 radical (unpaired) electrons. The van der Waals surface area contributed by atoms with E-state index in [1.807, 2.05) is 6.07 Å². The number of anilines is 2. The Hall–Kier alpha value is -2.82. The number of fused-ring (bicyclic) bond motifs is 1. The molecular formula is C16H14FN3O. The Bertz CT molecular complexity index is 825. The van der Waals surface area contributed by atoms with Crippen molar-refractivity contribution < 1.29 is 9.18 Å². The summed E-state index contributed by atoms with van der Waals surface area (Å²) in [6, 6.07) is 11.5. The summed E-state index contributed by atoms with van der Waals surface area (Å²) >= 11 is 0. The molecule has 1 amide bonds. The van der Waals surface area contributed by atoms with Crippen LogP contribution in [0.1, 0.15) is 10.4 Å². The molecule has 2 aromatic carbocycles. The van der Waals surface area contributed by atoms with Gasteiger partial charge in [0, 0.05) is 29.8 Å². The van der Waals surface area contributed by atoms with Gasteiger partial charge in [0.2, 0.25) is 0 Å². The van der Waals surface area contributed by atoms with E-state index >= 15 is 0 Å². The largest absolute Gasteiger partial charge is 0.399 e. The van der Waals surface area contributed by atoms with Crippen LogP contribution in [0.25, 0.3) is 10.9 Å². The fourth-order valence-electron chi connectivity index (χ4n) is 2.33. The number of hydrogen-bond donors (Lipinski definition) is 2. The molecule has 0 bridgehead atoms. The van der Waals surface area contributed by atoms with E-state index in [2.05, 4.69) is 4.98 Å². The molecule has 3 aromatic rings. The van der Waals surface area contributed by atoms with Crippen molar-refractivity contribution >= 4 is 28.2 Å². The third-order valence-electron chi connectivity index (χ3n) is 3.45. The molecule has 1 aromatic heterocycles. The average Bonchev–Trinajstić information content (AvgIpc) is 2.89. The van der Waals surface area contributed by atoms with Crippen molar-refractivity contribution in [3.63, 3.8) is 0 Å². The van der Waals surface area contributed by atoms with Gasteiger partial charge in [-0.25, -0.2) is 4.39 Å². The van der Waals surface area contributed by atoms with Gasteiger partial charge in [-0.3, -0.25) is 4.79 Å². The van der Waals surface area contributed by atoms with E-state index in [0.717, 1.165) is 10.9 Å². The number of nitrogens with two attached hydrogens (primary N) is 1. The number of aromatic amines is 1. The molecular weight excluding hydrogens is 269 g/mol. The Morgan fingerprint density at radius 1 is 1.24 bits per heavy atom. The number of nitrogens with zero attached hydrogens (tertiary/aromatic N) is 1. The van der Waals surface area contributed by atoms with Crippen LogP contribution in [0.15, 0.2) is 48.7 Å². The predicted octanol–water partition coefficient (Wildman–Crippen LogP) is 3.17. The molecule has 106 valence electrons. The highest BCUT2D eigenvalue weighted by Gasteiger charge is 2.19. The number of nitrogen functional groups attached to an aromatic ring is 1. The van der Waals surface area contributed by atoms with E-state index in [9.17, 15) is 9.18 Å². The van der Waals surface area contributed by atoms with E-state index in [0.29, 0.717) is 11.3 Å². The lowest BCUT2D eigenvalue weighted by molar-refractivity contribution is 0.0994. The number of carbonyl (C=O) groups is 1. The summed E-state index contributed by atoms with van der Waals surface area (Å²) in [5.41, 5.74) is 7.85. The minimum atomic E-state index is -0.437. The lowest BCUT2D eigenvalue weighted by Gasteiger charge is -2.17. The number of rotatable bonds is 2. The van der Waals surface area contributed by atoms with E-state index < -0.39 is 5.82 Å². The van der Waals surface area contributed by atoms with Crippen LogP contribution in [0.2, 0.25) is 0 Å². The molecule has 3 rings (SSSR count). The van der Waals surface area contributed by atoms with Gasteiger partial charge in [0.25, 0.3) is 5.91 Å². The second kappa shape index (κ2) is 4.94. The quantitative estimate of drug-likeness (QED) is 0.710. The first kappa shape index (κ1) is 13.2. The number of amides is 1. The third kappa shape index (κ3) is 2.23. The lowest BCUT2D eigenvalue weighted by Crippen LogP contribution is -2.26. The highest BCUT2D eigenvalue weighted by atomic mass is 19.1. The molecule has 0 aliphatic heterocycles. The Labute approximate surface area is 121 Å². The first-order valence-electron chi connectivity index (χ1n) is 6.47. The normalized spacial score (nSPS) is 10.8. The van der Waals surface area contributed by atoms with Crippen molar-refractivity contribution in [2.45, 2.75) is 0 Å². The maximum absolute atomic E-state index is 13.8. The molecule has 3 N–H and O–H groups in total. The molecule has 0 spiro atoms. The van der Waals surface area contributed by atoms with Crippen LogP contribution in [-0.2, 0) is 0 Å². The molecule has 5 heteroatoms. The van der Waals surface area contributed by atoms with E-state index in [1.54, 1.807) is 43.6 Å². The fourth-order valence-corrected chi connectivity index (χ4v) is 2.33. The molecule has 0 fully saturated rings. The molecule has 0 saturated carbocycles. The van der Waals surface area contributed by atoms with Crippen LogP contribution >= 0.6 is 0 Å². The van der Waals surface area contributed by atoms with E-state index in [1.165, 1.54) is 11.0 Å². The van der Waals surface area contributed by atoms with Gasteiger partial charge >= 0.3 is 0 Å². The minimum Gasteiger partial charge on any atom is -0.399 e. The smallest absolute Gasteiger partial charge is 0.260 e. The average molecular weight is 283 g/mol. The predicted molar refractivity (Wildman–Crippen MR) is 81.8 cm³/mol. The van der Waals surface area contributed by atoms with Gasteiger partial charge in [-0.15, -0.1) is 0 Å². The van der Waals surface area contributed by atoms with Crippen molar-refractivity contribution in [1.82, 2.24) is 4.98 Å². The van der Waals surface area contributed by atoms with Crippen LogP contribution in [0.5, 0.6) is 0 Å². The first-order valence-corrected chi connectivity index (χ1v) is 6.47. The SMILES string of the molecule is CN(C(=O)c1c[nH]c2ccc(N)cc12)c1ccccc1F. The van der Waals surface area contributed by atoms with Crippen LogP contribution < -0.4 is 10.6 Å².